The van der Waals surface area contributed by atoms with Crippen molar-refractivity contribution >= 4 is 5.91 Å². The van der Waals surface area contributed by atoms with Gasteiger partial charge in [-0.15, -0.1) is 0 Å². The third-order valence-corrected chi connectivity index (χ3v) is 6.16. The van der Waals surface area contributed by atoms with Gasteiger partial charge in [-0.05, 0) is 51.0 Å². The number of carbonyl (C=O) groups excluding carboxylic acids is 1. The molecule has 0 unspecified atom stereocenters. The van der Waals surface area contributed by atoms with Crippen LogP contribution in [-0.2, 0) is 17.8 Å². The van der Waals surface area contributed by atoms with Crippen LogP contribution < -0.4 is 15.0 Å². The summed E-state index contributed by atoms with van der Waals surface area (Å²) in [5.74, 6) is 1.83. The van der Waals surface area contributed by atoms with Crippen molar-refractivity contribution in [3.63, 3.8) is 0 Å². The first-order chi connectivity index (χ1) is 15.0. The first-order valence-corrected chi connectivity index (χ1v) is 10.9. The number of aromatic nitrogens is 2. The number of H-pyrrole nitrogens is 1. The van der Waals surface area contributed by atoms with Crippen molar-refractivity contribution in [1.82, 2.24) is 19.8 Å². The zero-order valence-corrected chi connectivity index (χ0v) is 18.4. The van der Waals surface area contributed by atoms with Gasteiger partial charge in [-0.2, -0.15) is 0 Å². The molecule has 0 bridgehead atoms. The van der Waals surface area contributed by atoms with E-state index in [1.165, 1.54) is 0 Å². The average molecular weight is 427 g/mol. The van der Waals surface area contributed by atoms with E-state index in [1.54, 1.807) is 36.3 Å². The van der Waals surface area contributed by atoms with Crippen molar-refractivity contribution in [3.8, 4) is 11.5 Å². The Morgan fingerprint density at radius 3 is 2.68 bits per heavy atom. The van der Waals surface area contributed by atoms with Crippen molar-refractivity contribution < 1.29 is 14.3 Å². The molecule has 166 valence electrons. The van der Waals surface area contributed by atoms with Crippen LogP contribution in [0.5, 0.6) is 11.5 Å². The number of amides is 1. The number of hydrogen-bond acceptors (Lipinski definition) is 6. The van der Waals surface area contributed by atoms with Crippen molar-refractivity contribution in [3.05, 3.63) is 51.7 Å². The van der Waals surface area contributed by atoms with E-state index in [0.29, 0.717) is 30.7 Å². The van der Waals surface area contributed by atoms with Crippen LogP contribution in [0.4, 0.5) is 0 Å². The fourth-order valence-electron chi connectivity index (χ4n) is 4.31. The molecule has 31 heavy (non-hydrogen) atoms. The fourth-order valence-corrected chi connectivity index (χ4v) is 4.31. The molecule has 1 amide bonds. The van der Waals surface area contributed by atoms with Gasteiger partial charge in [0.1, 0.15) is 17.3 Å². The summed E-state index contributed by atoms with van der Waals surface area (Å²) in [6, 6.07) is 7.31. The lowest BCUT2D eigenvalue weighted by molar-refractivity contribution is -0.134. The van der Waals surface area contributed by atoms with Crippen LogP contribution in [0, 0.1) is 0 Å². The first kappa shape index (κ1) is 21.4. The number of fused-ring (bicyclic) bond motifs is 1. The standard InChI is InChI=1S/C23H30N4O4/c1-15(2)26-12-10-19-18(13-26)23(29)25-22(24-19)20-5-4-11-27(20)21(28)14-31-17-8-6-16(30-3)7-9-17/h6-9,15,20H,4-5,10-14H2,1-3H3,(H,24,25,29)/t20-/m0/s1. The van der Waals surface area contributed by atoms with Crippen molar-refractivity contribution in [1.29, 1.82) is 0 Å². The Hall–Kier alpha value is -2.87. The summed E-state index contributed by atoms with van der Waals surface area (Å²) in [7, 11) is 1.60. The summed E-state index contributed by atoms with van der Waals surface area (Å²) in [5.41, 5.74) is 1.53. The molecule has 1 N–H and O–H groups in total. The van der Waals surface area contributed by atoms with Gasteiger partial charge in [0.15, 0.2) is 6.61 Å². The van der Waals surface area contributed by atoms with E-state index in [-0.39, 0.29) is 24.1 Å². The smallest absolute Gasteiger partial charge is 0.261 e. The van der Waals surface area contributed by atoms with Gasteiger partial charge in [0.05, 0.1) is 24.4 Å². The maximum absolute atomic E-state index is 12.9. The highest BCUT2D eigenvalue weighted by atomic mass is 16.5. The first-order valence-electron chi connectivity index (χ1n) is 10.9. The molecule has 0 saturated carbocycles. The summed E-state index contributed by atoms with van der Waals surface area (Å²) in [6.45, 7) is 6.37. The number of carbonyl (C=O) groups is 1. The molecule has 2 aliphatic heterocycles. The highest BCUT2D eigenvalue weighted by molar-refractivity contribution is 5.78. The Kier molecular flexibility index (Phi) is 6.27. The van der Waals surface area contributed by atoms with Crippen LogP contribution >= 0.6 is 0 Å². The van der Waals surface area contributed by atoms with Gasteiger partial charge >= 0.3 is 0 Å². The van der Waals surface area contributed by atoms with E-state index >= 15 is 0 Å². The topological polar surface area (TPSA) is 87.8 Å². The molecular formula is C23H30N4O4. The van der Waals surface area contributed by atoms with Gasteiger partial charge < -0.3 is 19.4 Å². The predicted octanol–water partition coefficient (Wildman–Crippen LogP) is 2.29. The average Bonchev–Trinajstić information content (AvgIpc) is 3.27. The minimum atomic E-state index is -0.215. The Morgan fingerprint density at radius 2 is 1.97 bits per heavy atom. The zero-order valence-electron chi connectivity index (χ0n) is 18.4. The van der Waals surface area contributed by atoms with E-state index in [9.17, 15) is 9.59 Å². The summed E-state index contributed by atoms with van der Waals surface area (Å²) >= 11 is 0. The van der Waals surface area contributed by atoms with E-state index < -0.39 is 0 Å². The van der Waals surface area contributed by atoms with E-state index in [4.69, 9.17) is 14.5 Å². The van der Waals surface area contributed by atoms with Gasteiger partial charge in [0.2, 0.25) is 0 Å². The van der Waals surface area contributed by atoms with Crippen LogP contribution in [0.2, 0.25) is 0 Å². The molecule has 2 aliphatic rings. The SMILES string of the molecule is COc1ccc(OCC(=O)N2CCC[C@H]2c2nc3c(c(=O)[nH]2)CN(C(C)C)CC3)cc1. The summed E-state index contributed by atoms with van der Waals surface area (Å²) in [4.78, 5) is 37.5. The predicted molar refractivity (Wildman–Crippen MR) is 116 cm³/mol. The second-order valence-corrected chi connectivity index (χ2v) is 8.40. The number of likely N-dealkylation sites (tertiary alicyclic amines) is 1. The number of nitrogens with one attached hydrogen (secondary N) is 1. The van der Waals surface area contributed by atoms with Crippen LogP contribution in [0.3, 0.4) is 0 Å². The van der Waals surface area contributed by atoms with E-state index in [0.717, 1.165) is 42.8 Å². The number of aromatic amines is 1. The van der Waals surface area contributed by atoms with E-state index in [1.807, 2.05) is 0 Å². The second-order valence-electron chi connectivity index (χ2n) is 8.40. The molecule has 1 aromatic carbocycles. The molecule has 3 heterocycles. The third kappa shape index (κ3) is 4.58. The van der Waals surface area contributed by atoms with Gasteiger partial charge in [-0.1, -0.05) is 0 Å². The van der Waals surface area contributed by atoms with Gasteiger partial charge in [0.25, 0.3) is 11.5 Å². The lowest BCUT2D eigenvalue weighted by Gasteiger charge is -2.31. The molecule has 8 nitrogen and oxygen atoms in total. The summed E-state index contributed by atoms with van der Waals surface area (Å²) in [6.07, 6.45) is 2.42. The number of benzene rings is 1. The molecule has 0 aliphatic carbocycles. The molecule has 1 saturated heterocycles. The second kappa shape index (κ2) is 9.09. The van der Waals surface area contributed by atoms with Crippen LogP contribution in [0.15, 0.2) is 29.1 Å². The highest BCUT2D eigenvalue weighted by Gasteiger charge is 2.33. The lowest BCUT2D eigenvalue weighted by Crippen LogP contribution is -2.41. The van der Waals surface area contributed by atoms with Crippen LogP contribution in [-0.4, -0.2) is 58.5 Å². The Labute approximate surface area is 182 Å². The largest absolute Gasteiger partial charge is 0.497 e. The molecule has 0 spiro atoms. The number of rotatable bonds is 6. The minimum absolute atomic E-state index is 0.0542. The lowest BCUT2D eigenvalue weighted by atomic mass is 10.0. The number of methoxy groups -OCH3 is 1. The van der Waals surface area contributed by atoms with Crippen molar-refractivity contribution in [2.24, 2.45) is 0 Å². The van der Waals surface area contributed by atoms with Gasteiger partial charge in [-0.3, -0.25) is 14.5 Å². The summed E-state index contributed by atoms with van der Waals surface area (Å²) < 4.78 is 10.8. The molecule has 4 rings (SSSR count). The number of nitrogens with zero attached hydrogens (tertiary/aromatic N) is 3. The van der Waals surface area contributed by atoms with Crippen molar-refractivity contribution in [2.45, 2.75) is 51.7 Å². The van der Waals surface area contributed by atoms with Gasteiger partial charge in [-0.25, -0.2) is 4.98 Å². The van der Waals surface area contributed by atoms with E-state index in [2.05, 4.69) is 23.7 Å². The maximum Gasteiger partial charge on any atom is 0.261 e. The number of hydrogen-bond donors (Lipinski definition) is 1. The van der Waals surface area contributed by atoms with Gasteiger partial charge in [0, 0.05) is 32.1 Å². The quantitative estimate of drug-likeness (QED) is 0.763. The minimum Gasteiger partial charge on any atom is -0.497 e. The normalized spacial score (nSPS) is 18.8. The monoisotopic (exact) mass is 426 g/mol. The maximum atomic E-state index is 12.9. The Balaban J connectivity index is 1.46. The van der Waals surface area contributed by atoms with Crippen LogP contribution in [0.25, 0.3) is 0 Å². The number of ether oxygens (including phenoxy) is 2. The third-order valence-electron chi connectivity index (χ3n) is 6.16. The Morgan fingerprint density at radius 1 is 1.23 bits per heavy atom. The zero-order chi connectivity index (χ0) is 22.0. The van der Waals surface area contributed by atoms with Crippen molar-refractivity contribution in [2.75, 3.05) is 26.8 Å². The highest BCUT2D eigenvalue weighted by Crippen LogP contribution is 2.30. The molecule has 1 fully saturated rings. The molecule has 8 heteroatoms. The summed E-state index contributed by atoms with van der Waals surface area (Å²) in [5, 5.41) is 0. The molecule has 1 atom stereocenters. The Bertz CT molecular complexity index is 986. The molecular weight excluding hydrogens is 396 g/mol. The molecule has 1 aromatic heterocycles. The fraction of sp³-hybridized carbons (Fsp3) is 0.522. The molecule has 2 aromatic rings. The molecule has 0 radical (unpaired) electrons. The van der Waals surface area contributed by atoms with Crippen LogP contribution in [0.1, 0.15) is 49.8 Å².